The summed E-state index contributed by atoms with van der Waals surface area (Å²) in [6.07, 6.45) is 0.911. The lowest BCUT2D eigenvalue weighted by Crippen LogP contribution is -2.56. The van der Waals surface area contributed by atoms with Crippen molar-refractivity contribution in [2.75, 3.05) is 33.0 Å². The number of benzene rings is 2. The Hall–Kier alpha value is -3.79. The molecule has 10 nitrogen and oxygen atoms in total. The Balaban J connectivity index is 1.63. The molecule has 190 valence electrons. The van der Waals surface area contributed by atoms with Crippen molar-refractivity contribution in [1.29, 1.82) is 0 Å². The van der Waals surface area contributed by atoms with Gasteiger partial charge in [-0.3, -0.25) is 19.7 Å². The zero-order valence-electron chi connectivity index (χ0n) is 20.5. The first-order chi connectivity index (χ1) is 17.4. The first-order valence-corrected chi connectivity index (χ1v) is 11.8. The number of hydrogen-bond acceptors (Lipinski definition) is 9. The molecule has 3 aliphatic heterocycles. The molecule has 0 saturated carbocycles. The summed E-state index contributed by atoms with van der Waals surface area (Å²) in [7, 11) is 4.35. The number of anilines is 1. The molecule has 1 N–H and O–H groups in total. The van der Waals surface area contributed by atoms with Crippen molar-refractivity contribution >= 4 is 23.5 Å². The topological polar surface area (TPSA) is 113 Å². The second kappa shape index (κ2) is 9.02. The van der Waals surface area contributed by atoms with Crippen LogP contribution >= 0.6 is 0 Å². The molecule has 2 amide bonds. The second-order valence-electron chi connectivity index (χ2n) is 9.00. The number of carbonyl (C=O) groups excluding carboxylic acids is 3. The van der Waals surface area contributed by atoms with E-state index in [9.17, 15) is 14.4 Å². The molecule has 3 heterocycles. The molecule has 3 aliphatic rings. The molecule has 2 fully saturated rings. The van der Waals surface area contributed by atoms with Crippen molar-refractivity contribution in [2.24, 2.45) is 11.8 Å². The van der Waals surface area contributed by atoms with Crippen LogP contribution in [0.5, 0.6) is 23.0 Å². The molecule has 0 radical (unpaired) electrons. The lowest BCUT2D eigenvalue weighted by molar-refractivity contribution is -0.152. The zero-order chi connectivity index (χ0) is 25.6. The van der Waals surface area contributed by atoms with E-state index in [-0.39, 0.29) is 6.79 Å². The summed E-state index contributed by atoms with van der Waals surface area (Å²) >= 11 is 0. The third-order valence-electron chi connectivity index (χ3n) is 7.23. The Morgan fingerprint density at radius 1 is 1.03 bits per heavy atom. The fourth-order valence-electron chi connectivity index (χ4n) is 5.71. The lowest BCUT2D eigenvalue weighted by atomic mass is 9.77. The van der Waals surface area contributed by atoms with Crippen LogP contribution in [-0.2, 0) is 19.1 Å². The highest BCUT2D eigenvalue weighted by atomic mass is 16.7. The maximum absolute atomic E-state index is 13.9. The van der Waals surface area contributed by atoms with E-state index in [1.807, 2.05) is 6.92 Å². The van der Waals surface area contributed by atoms with Gasteiger partial charge in [0.25, 0.3) is 0 Å². The third-order valence-corrected chi connectivity index (χ3v) is 7.23. The maximum atomic E-state index is 13.9. The van der Waals surface area contributed by atoms with Gasteiger partial charge in [0.05, 0.1) is 38.9 Å². The smallest absolute Gasteiger partial charge is 0.326 e. The zero-order valence-corrected chi connectivity index (χ0v) is 20.5. The maximum Gasteiger partial charge on any atom is 0.326 e. The van der Waals surface area contributed by atoms with Crippen molar-refractivity contribution in [3.05, 3.63) is 42.0 Å². The van der Waals surface area contributed by atoms with E-state index in [2.05, 4.69) is 5.32 Å². The Kier molecular flexibility index (Phi) is 5.99. The van der Waals surface area contributed by atoms with Gasteiger partial charge < -0.3 is 23.7 Å². The SMILES string of the molecule is CCC[C@]1(C(=O)OC)N[C@H](c2ccc(OC)c(OC)c2)[C@H]2C(=O)N(c3ccc4c(c3)OCO4)C(=O)[C@@H]21. The molecule has 0 spiro atoms. The first kappa shape index (κ1) is 23.9. The van der Waals surface area contributed by atoms with Gasteiger partial charge in [0, 0.05) is 12.1 Å². The van der Waals surface area contributed by atoms with Crippen molar-refractivity contribution in [1.82, 2.24) is 5.32 Å². The van der Waals surface area contributed by atoms with Crippen molar-refractivity contribution in [3.8, 4) is 23.0 Å². The highest BCUT2D eigenvalue weighted by Gasteiger charge is 2.68. The number of fused-ring (bicyclic) bond motifs is 2. The van der Waals surface area contributed by atoms with Crippen LogP contribution in [0.2, 0.25) is 0 Å². The Morgan fingerprint density at radius 3 is 2.47 bits per heavy atom. The van der Waals surface area contributed by atoms with Crippen LogP contribution in [0.15, 0.2) is 36.4 Å². The molecule has 0 aromatic heterocycles. The van der Waals surface area contributed by atoms with Crippen LogP contribution in [-0.4, -0.2) is 51.4 Å². The molecule has 2 aromatic rings. The quantitative estimate of drug-likeness (QED) is 0.457. The summed E-state index contributed by atoms with van der Waals surface area (Å²) in [5, 5.41) is 3.35. The number of hydrogen-bond donors (Lipinski definition) is 1. The van der Waals surface area contributed by atoms with E-state index >= 15 is 0 Å². The second-order valence-corrected chi connectivity index (χ2v) is 9.00. The molecular weight excluding hydrogens is 468 g/mol. The van der Waals surface area contributed by atoms with E-state index in [0.717, 1.165) is 4.90 Å². The first-order valence-electron chi connectivity index (χ1n) is 11.8. The summed E-state index contributed by atoms with van der Waals surface area (Å²) in [5.74, 6) is -1.24. The van der Waals surface area contributed by atoms with E-state index in [0.29, 0.717) is 47.1 Å². The Bertz CT molecular complexity index is 1230. The van der Waals surface area contributed by atoms with Gasteiger partial charge in [-0.15, -0.1) is 0 Å². The molecule has 5 rings (SSSR count). The predicted molar refractivity (Wildman–Crippen MR) is 127 cm³/mol. The fraction of sp³-hybridized carbons (Fsp3) is 0.423. The summed E-state index contributed by atoms with van der Waals surface area (Å²) < 4.78 is 26.8. The monoisotopic (exact) mass is 496 g/mol. The summed E-state index contributed by atoms with van der Waals surface area (Å²) in [6.45, 7) is 1.99. The van der Waals surface area contributed by atoms with E-state index < -0.39 is 41.2 Å². The Morgan fingerprint density at radius 2 is 1.78 bits per heavy atom. The van der Waals surface area contributed by atoms with Crippen molar-refractivity contribution in [2.45, 2.75) is 31.3 Å². The minimum atomic E-state index is -1.37. The standard InChI is InChI=1S/C26H28N2O8/c1-5-10-26(25(31)34-4)21-20(22(27-26)14-6-8-16(32-2)18(11-14)33-3)23(29)28(24(21)30)15-7-9-17-19(12-15)36-13-35-17/h6-9,11-12,20-22,27H,5,10,13H2,1-4H3/t20-,21+,22+,26-/m0/s1. The summed E-state index contributed by atoms with van der Waals surface area (Å²) in [6, 6.07) is 9.57. The number of imide groups is 1. The van der Waals surface area contributed by atoms with Gasteiger partial charge in [-0.25, -0.2) is 4.90 Å². The number of esters is 1. The molecule has 10 heteroatoms. The van der Waals surface area contributed by atoms with Crippen LogP contribution in [0.3, 0.4) is 0 Å². The van der Waals surface area contributed by atoms with E-state index in [1.165, 1.54) is 21.3 Å². The number of methoxy groups -OCH3 is 3. The molecular formula is C26H28N2O8. The van der Waals surface area contributed by atoms with E-state index in [1.54, 1.807) is 36.4 Å². The van der Waals surface area contributed by atoms with Gasteiger partial charge in [0.15, 0.2) is 23.0 Å². The van der Waals surface area contributed by atoms with Crippen LogP contribution in [0.4, 0.5) is 5.69 Å². The van der Waals surface area contributed by atoms with Crippen LogP contribution in [0.1, 0.15) is 31.4 Å². The average Bonchev–Trinajstić information content (AvgIpc) is 3.57. The molecule has 0 aliphatic carbocycles. The minimum Gasteiger partial charge on any atom is -0.493 e. The highest BCUT2D eigenvalue weighted by molar-refractivity contribution is 6.24. The largest absolute Gasteiger partial charge is 0.493 e. The van der Waals surface area contributed by atoms with Gasteiger partial charge in [-0.1, -0.05) is 19.4 Å². The van der Waals surface area contributed by atoms with Gasteiger partial charge in [0.1, 0.15) is 5.54 Å². The Labute approximate surface area is 208 Å². The van der Waals surface area contributed by atoms with Crippen LogP contribution < -0.4 is 29.2 Å². The van der Waals surface area contributed by atoms with Gasteiger partial charge in [-0.2, -0.15) is 0 Å². The normalized spacial score (nSPS) is 26.2. The van der Waals surface area contributed by atoms with Crippen molar-refractivity contribution in [3.63, 3.8) is 0 Å². The molecule has 36 heavy (non-hydrogen) atoms. The number of ether oxygens (including phenoxy) is 5. The van der Waals surface area contributed by atoms with Crippen LogP contribution in [0, 0.1) is 11.8 Å². The molecule has 2 saturated heterocycles. The number of nitrogens with zero attached hydrogens (tertiary/aromatic N) is 1. The fourth-order valence-corrected chi connectivity index (χ4v) is 5.71. The summed E-state index contributed by atoms with van der Waals surface area (Å²) in [4.78, 5) is 42.3. The average molecular weight is 497 g/mol. The van der Waals surface area contributed by atoms with E-state index in [4.69, 9.17) is 23.7 Å². The highest BCUT2D eigenvalue weighted by Crippen LogP contribution is 2.52. The summed E-state index contributed by atoms with van der Waals surface area (Å²) in [5.41, 5.74) is -0.313. The predicted octanol–water partition coefficient (Wildman–Crippen LogP) is 2.59. The van der Waals surface area contributed by atoms with Gasteiger partial charge >= 0.3 is 5.97 Å². The van der Waals surface area contributed by atoms with Gasteiger partial charge in [0.2, 0.25) is 18.6 Å². The number of amides is 2. The molecule has 0 bridgehead atoms. The molecule has 2 aromatic carbocycles. The number of nitrogens with one attached hydrogen (secondary N) is 1. The third kappa shape index (κ3) is 3.39. The molecule has 0 unspecified atom stereocenters. The molecule has 4 atom stereocenters. The van der Waals surface area contributed by atoms with Crippen LogP contribution in [0.25, 0.3) is 0 Å². The lowest BCUT2D eigenvalue weighted by Gasteiger charge is -2.32. The van der Waals surface area contributed by atoms with Crippen molar-refractivity contribution < 1.29 is 38.1 Å². The number of rotatable bonds is 7. The van der Waals surface area contributed by atoms with Gasteiger partial charge in [-0.05, 0) is 36.2 Å². The minimum absolute atomic E-state index is 0.0686. The number of carbonyl (C=O) groups is 3.